The van der Waals surface area contributed by atoms with E-state index in [0.29, 0.717) is 0 Å². The molecule has 2 unspecified atom stereocenters. The third kappa shape index (κ3) is 1.79. The Bertz CT molecular complexity index is 98.4. The Hall–Kier alpha value is 0.450. The zero-order valence-corrected chi connectivity index (χ0v) is 3.51. The Morgan fingerprint density at radius 2 is 2.14 bits per heavy atom. The van der Waals surface area contributed by atoms with Crippen LogP contribution in [-0.2, 0) is 4.74 Å². The summed E-state index contributed by atoms with van der Waals surface area (Å²) in [7, 11) is 0. The number of nitriles is 1. The monoisotopic (exact) mass is 107 g/mol. The third-order valence-electron chi connectivity index (χ3n) is 0.838. The zero-order valence-electron chi connectivity index (χ0n) is 3.51. The van der Waals surface area contributed by atoms with Gasteiger partial charge in [-0.3, -0.25) is 0 Å². The summed E-state index contributed by atoms with van der Waals surface area (Å²) in [4.78, 5) is 0. The first kappa shape index (κ1) is 7.45. The van der Waals surface area contributed by atoms with E-state index in [1.807, 2.05) is 13.0 Å². The van der Waals surface area contributed by atoms with Crippen LogP contribution in [0.5, 0.6) is 0 Å². The van der Waals surface area contributed by atoms with Crippen molar-refractivity contribution in [2.75, 3.05) is 0 Å². The molecule has 1 aliphatic rings. The molecule has 1 fully saturated rings. The van der Waals surface area contributed by atoms with Crippen molar-refractivity contribution in [1.82, 2.24) is 0 Å². The van der Waals surface area contributed by atoms with Crippen LogP contribution in [0.25, 0.3) is 0 Å². The van der Waals surface area contributed by atoms with Crippen molar-refractivity contribution >= 4 is 29.6 Å². The molecule has 1 saturated heterocycles. The molecule has 2 nitrogen and oxygen atoms in total. The maximum atomic E-state index is 8.00. The van der Waals surface area contributed by atoms with Crippen molar-refractivity contribution in [2.24, 2.45) is 0 Å². The first-order chi connectivity index (χ1) is 2.84. The topological polar surface area (TPSA) is 36.3 Å². The molecule has 3 heteroatoms. The first-order valence-corrected chi connectivity index (χ1v) is 1.89. The van der Waals surface area contributed by atoms with Crippen LogP contribution in [0.3, 0.4) is 0 Å². The van der Waals surface area contributed by atoms with Crippen molar-refractivity contribution in [3.05, 3.63) is 0 Å². The third-order valence-corrected chi connectivity index (χ3v) is 0.838. The first-order valence-electron chi connectivity index (χ1n) is 1.89. The molecule has 0 aromatic carbocycles. The Morgan fingerprint density at radius 3 is 2.14 bits per heavy atom. The molecular weight excluding hydrogens is 101 g/mol. The van der Waals surface area contributed by atoms with Crippen molar-refractivity contribution in [2.45, 2.75) is 19.1 Å². The second-order valence-corrected chi connectivity index (χ2v) is 1.39. The van der Waals surface area contributed by atoms with Crippen molar-refractivity contribution < 1.29 is 4.74 Å². The van der Waals surface area contributed by atoms with E-state index < -0.39 is 0 Å². The summed E-state index contributed by atoms with van der Waals surface area (Å²) in [5, 5.41) is 8.00. The van der Waals surface area contributed by atoms with Gasteiger partial charge in [-0.05, 0) is 6.92 Å². The van der Waals surface area contributed by atoms with Crippen LogP contribution < -0.4 is 0 Å². The quantitative estimate of drug-likeness (QED) is 0.313. The van der Waals surface area contributed by atoms with Gasteiger partial charge in [-0.15, -0.1) is 0 Å². The van der Waals surface area contributed by atoms with E-state index in [1.165, 1.54) is 0 Å². The van der Waals surface area contributed by atoms with Crippen molar-refractivity contribution in [3.8, 4) is 6.07 Å². The molecule has 0 amide bonds. The molecule has 2 atom stereocenters. The molecule has 0 saturated carbocycles. The Kier molecular flexibility index (Phi) is 2.86. The second-order valence-electron chi connectivity index (χ2n) is 1.39. The van der Waals surface area contributed by atoms with Crippen molar-refractivity contribution in [3.63, 3.8) is 0 Å². The van der Waals surface area contributed by atoms with Gasteiger partial charge >= 0.3 is 29.6 Å². The number of ether oxygens (including phenoxy) is 1. The van der Waals surface area contributed by atoms with E-state index in [9.17, 15) is 0 Å². The fraction of sp³-hybridized carbons (Fsp3) is 0.750. The van der Waals surface area contributed by atoms with E-state index in [0.717, 1.165) is 0 Å². The van der Waals surface area contributed by atoms with Gasteiger partial charge < -0.3 is 4.74 Å². The molecule has 7 heavy (non-hydrogen) atoms. The van der Waals surface area contributed by atoms with E-state index in [4.69, 9.17) is 10.00 Å². The summed E-state index contributed by atoms with van der Waals surface area (Å²) in [6.45, 7) is 1.88. The molecule has 0 radical (unpaired) electrons. The number of rotatable bonds is 0. The Balaban J connectivity index is 0.000000360. The summed E-state index contributed by atoms with van der Waals surface area (Å²) >= 11 is 0. The minimum absolute atomic E-state index is 0. The predicted octanol–water partition coefficient (Wildman–Crippen LogP) is -0.351. The zero-order chi connectivity index (χ0) is 4.57. The number of hydrogen-bond donors (Lipinski definition) is 0. The van der Waals surface area contributed by atoms with Crippen LogP contribution in [-0.4, -0.2) is 41.8 Å². The summed E-state index contributed by atoms with van der Waals surface area (Å²) in [5.41, 5.74) is 0. The Labute approximate surface area is 64.7 Å². The van der Waals surface area contributed by atoms with Crippen LogP contribution >= 0.6 is 0 Å². The van der Waals surface area contributed by atoms with Gasteiger partial charge in [-0.1, -0.05) is 0 Å². The van der Waals surface area contributed by atoms with Gasteiger partial charge in [0.05, 0.1) is 12.2 Å². The molecule has 0 bridgehead atoms. The van der Waals surface area contributed by atoms with Gasteiger partial charge in [0.2, 0.25) is 0 Å². The average Bonchev–Trinajstić information content (AvgIpc) is 2.19. The summed E-state index contributed by atoms with van der Waals surface area (Å²) in [5.74, 6) is 0. The van der Waals surface area contributed by atoms with Crippen molar-refractivity contribution in [1.29, 1.82) is 5.26 Å². The average molecular weight is 107 g/mol. The van der Waals surface area contributed by atoms with E-state index >= 15 is 0 Å². The fourth-order valence-electron chi connectivity index (χ4n) is 0.321. The molecule has 0 aromatic rings. The van der Waals surface area contributed by atoms with Gasteiger partial charge in [0, 0.05) is 0 Å². The van der Waals surface area contributed by atoms with Gasteiger partial charge in [0.25, 0.3) is 0 Å². The molecule has 34 valence electrons. The number of hydrogen-bond acceptors (Lipinski definition) is 2. The number of nitrogens with zero attached hydrogens (tertiary/aromatic N) is 1. The molecule has 1 rings (SSSR count). The van der Waals surface area contributed by atoms with E-state index in [-0.39, 0.29) is 41.8 Å². The molecule has 0 spiro atoms. The summed E-state index contributed by atoms with van der Waals surface area (Å²) in [6.07, 6.45) is 0.111. The van der Waals surface area contributed by atoms with Crippen LogP contribution in [0.2, 0.25) is 0 Å². The van der Waals surface area contributed by atoms with Crippen LogP contribution in [0.4, 0.5) is 0 Å². The van der Waals surface area contributed by atoms with Gasteiger partial charge in [-0.25, -0.2) is 0 Å². The number of epoxide rings is 1. The standard InChI is InChI=1S/C4H5NO.Na.H/c1-3-4(2-5)6-3;;/h3-4H,1H3;;. The minimum atomic E-state index is -0.0926. The van der Waals surface area contributed by atoms with Gasteiger partial charge in [0.15, 0.2) is 6.10 Å². The van der Waals surface area contributed by atoms with Crippen LogP contribution in [0.1, 0.15) is 6.92 Å². The van der Waals surface area contributed by atoms with Crippen LogP contribution in [0, 0.1) is 11.3 Å². The van der Waals surface area contributed by atoms with E-state index in [2.05, 4.69) is 0 Å². The van der Waals surface area contributed by atoms with E-state index in [1.54, 1.807) is 0 Å². The summed E-state index contributed by atoms with van der Waals surface area (Å²) < 4.78 is 4.70. The molecular formula is C4H6NNaO. The van der Waals surface area contributed by atoms with Gasteiger partial charge in [-0.2, -0.15) is 5.26 Å². The normalized spacial score (nSPS) is 35.4. The molecule has 0 aromatic heterocycles. The molecule has 1 heterocycles. The fourth-order valence-corrected chi connectivity index (χ4v) is 0.321. The second kappa shape index (κ2) is 2.68. The van der Waals surface area contributed by atoms with Gasteiger partial charge in [0.1, 0.15) is 0 Å². The SMILES string of the molecule is CC1OC1C#N.[NaH]. The molecule has 0 N–H and O–H groups in total. The van der Waals surface area contributed by atoms with Crippen LogP contribution in [0.15, 0.2) is 0 Å². The molecule has 1 aliphatic heterocycles. The molecule has 0 aliphatic carbocycles. The summed E-state index contributed by atoms with van der Waals surface area (Å²) in [6, 6.07) is 1.97. The predicted molar refractivity (Wildman–Crippen MR) is 27.1 cm³/mol. The Morgan fingerprint density at radius 1 is 1.71 bits per heavy atom. The maximum absolute atomic E-state index is 8.00.